The number of rotatable bonds is 4. The van der Waals surface area contributed by atoms with Gasteiger partial charge in [0.25, 0.3) is 0 Å². The lowest BCUT2D eigenvalue weighted by Gasteiger charge is -2.25. The maximum Gasteiger partial charge on any atom is 0.408 e. The fourth-order valence-electron chi connectivity index (χ4n) is 2.19. The molecule has 0 radical (unpaired) electrons. The van der Waals surface area contributed by atoms with Crippen LogP contribution in [0.5, 0.6) is 0 Å². The molecular formula is C17H25NO5. The van der Waals surface area contributed by atoms with E-state index in [-0.39, 0.29) is 0 Å². The van der Waals surface area contributed by atoms with E-state index in [0.717, 1.165) is 16.7 Å². The van der Waals surface area contributed by atoms with Crippen molar-refractivity contribution < 1.29 is 24.5 Å². The van der Waals surface area contributed by atoms with E-state index in [1.54, 1.807) is 33.8 Å². The molecule has 0 spiro atoms. The molecule has 128 valence electrons. The Morgan fingerprint density at radius 1 is 1.09 bits per heavy atom. The summed E-state index contributed by atoms with van der Waals surface area (Å²) in [5.74, 6) is -1.33. The summed E-state index contributed by atoms with van der Waals surface area (Å²) in [7, 11) is 0. The zero-order valence-electron chi connectivity index (χ0n) is 14.4. The van der Waals surface area contributed by atoms with E-state index < -0.39 is 29.8 Å². The van der Waals surface area contributed by atoms with Crippen molar-refractivity contribution in [2.45, 2.75) is 59.3 Å². The van der Waals surface area contributed by atoms with Crippen molar-refractivity contribution in [2.24, 2.45) is 0 Å². The molecule has 1 amide bonds. The second-order valence-electron chi connectivity index (χ2n) is 6.70. The van der Waals surface area contributed by atoms with Crippen molar-refractivity contribution in [3.63, 3.8) is 0 Å². The van der Waals surface area contributed by atoms with Gasteiger partial charge in [0, 0.05) is 0 Å². The molecule has 0 aliphatic rings. The first kappa shape index (κ1) is 19.0. The van der Waals surface area contributed by atoms with E-state index in [2.05, 4.69) is 5.32 Å². The first-order valence-corrected chi connectivity index (χ1v) is 7.40. The lowest BCUT2D eigenvalue weighted by molar-refractivity contribution is -0.142. The van der Waals surface area contributed by atoms with Crippen LogP contribution in [0.4, 0.5) is 4.79 Å². The highest BCUT2D eigenvalue weighted by molar-refractivity contribution is 5.81. The number of carboxylic acid groups (broad SMARTS) is 1. The highest BCUT2D eigenvalue weighted by atomic mass is 16.6. The minimum absolute atomic E-state index is 0.469. The normalized spacial score (nSPS) is 14.0. The average molecular weight is 323 g/mol. The molecular weight excluding hydrogens is 298 g/mol. The van der Waals surface area contributed by atoms with Gasteiger partial charge in [-0.1, -0.05) is 12.1 Å². The summed E-state index contributed by atoms with van der Waals surface area (Å²) >= 11 is 0. The maximum atomic E-state index is 11.8. The molecule has 1 aromatic rings. The van der Waals surface area contributed by atoms with E-state index in [1.165, 1.54) is 0 Å². The average Bonchev–Trinajstić information content (AvgIpc) is 2.37. The summed E-state index contributed by atoms with van der Waals surface area (Å²) in [6, 6.07) is 2.12. The second kappa shape index (κ2) is 7.00. The Hall–Kier alpha value is -2.08. The van der Waals surface area contributed by atoms with Crippen molar-refractivity contribution in [3.8, 4) is 0 Å². The Bertz CT molecular complexity index is 604. The van der Waals surface area contributed by atoms with Gasteiger partial charge in [-0.15, -0.1) is 0 Å². The molecule has 0 saturated carbocycles. The first-order valence-electron chi connectivity index (χ1n) is 7.40. The SMILES string of the molecule is Cc1cc(C)c([C@H](O)[C@H](NC(=O)OC(C)(C)C)C(=O)O)cc1C. The molecule has 1 aromatic carbocycles. The minimum atomic E-state index is -1.49. The van der Waals surface area contributed by atoms with Crippen LogP contribution in [-0.4, -0.2) is 33.9 Å². The number of aliphatic hydroxyl groups is 1. The van der Waals surface area contributed by atoms with Gasteiger partial charge in [0.15, 0.2) is 6.04 Å². The highest BCUT2D eigenvalue weighted by Gasteiger charge is 2.32. The lowest BCUT2D eigenvalue weighted by atomic mass is 9.94. The van der Waals surface area contributed by atoms with Gasteiger partial charge in [-0.25, -0.2) is 9.59 Å². The van der Waals surface area contributed by atoms with Gasteiger partial charge in [-0.2, -0.15) is 0 Å². The van der Waals surface area contributed by atoms with Crippen LogP contribution >= 0.6 is 0 Å². The number of hydrogen-bond donors (Lipinski definition) is 3. The van der Waals surface area contributed by atoms with Gasteiger partial charge < -0.3 is 20.3 Å². The number of carbonyl (C=O) groups excluding carboxylic acids is 1. The summed E-state index contributed by atoms with van der Waals surface area (Å²) in [4.78, 5) is 23.3. The maximum absolute atomic E-state index is 11.8. The molecule has 0 heterocycles. The molecule has 0 fully saturated rings. The van der Waals surface area contributed by atoms with Crippen LogP contribution in [0.15, 0.2) is 12.1 Å². The monoisotopic (exact) mass is 323 g/mol. The van der Waals surface area contributed by atoms with E-state index >= 15 is 0 Å². The Labute approximate surface area is 136 Å². The fourth-order valence-corrected chi connectivity index (χ4v) is 2.19. The van der Waals surface area contributed by atoms with E-state index in [0.29, 0.717) is 5.56 Å². The van der Waals surface area contributed by atoms with Crippen molar-refractivity contribution in [3.05, 3.63) is 34.4 Å². The third-order valence-electron chi connectivity index (χ3n) is 3.46. The zero-order chi connectivity index (χ0) is 17.9. The van der Waals surface area contributed by atoms with Crippen molar-refractivity contribution in [1.29, 1.82) is 0 Å². The van der Waals surface area contributed by atoms with Crippen LogP contribution in [0.1, 0.15) is 49.1 Å². The van der Waals surface area contributed by atoms with Gasteiger partial charge in [0.1, 0.15) is 11.7 Å². The van der Waals surface area contributed by atoms with Crippen molar-refractivity contribution in [2.75, 3.05) is 0 Å². The number of alkyl carbamates (subject to hydrolysis) is 1. The summed E-state index contributed by atoms with van der Waals surface area (Å²) in [5, 5.41) is 22.0. The van der Waals surface area contributed by atoms with Crippen molar-refractivity contribution >= 4 is 12.1 Å². The van der Waals surface area contributed by atoms with Crippen LogP contribution in [-0.2, 0) is 9.53 Å². The lowest BCUT2D eigenvalue weighted by Crippen LogP contribution is -2.47. The second-order valence-corrected chi connectivity index (χ2v) is 6.70. The van der Waals surface area contributed by atoms with Gasteiger partial charge in [0.05, 0.1) is 0 Å². The molecule has 0 unspecified atom stereocenters. The largest absolute Gasteiger partial charge is 0.480 e. The quantitative estimate of drug-likeness (QED) is 0.791. The molecule has 0 bridgehead atoms. The number of aliphatic carboxylic acids is 1. The number of nitrogens with one attached hydrogen (secondary N) is 1. The van der Waals surface area contributed by atoms with Crippen LogP contribution in [0.3, 0.4) is 0 Å². The number of ether oxygens (including phenoxy) is 1. The van der Waals surface area contributed by atoms with Crippen molar-refractivity contribution in [1.82, 2.24) is 5.32 Å². The molecule has 3 N–H and O–H groups in total. The van der Waals surface area contributed by atoms with Crippen LogP contribution in [0.25, 0.3) is 0 Å². The number of benzene rings is 1. The molecule has 23 heavy (non-hydrogen) atoms. The van der Waals surface area contributed by atoms with Crippen LogP contribution in [0.2, 0.25) is 0 Å². The Morgan fingerprint density at radius 2 is 1.61 bits per heavy atom. The van der Waals surface area contributed by atoms with E-state index in [1.807, 2.05) is 19.9 Å². The predicted octanol–water partition coefficient (Wildman–Crippen LogP) is 2.62. The predicted molar refractivity (Wildman–Crippen MR) is 86.4 cm³/mol. The number of carbonyl (C=O) groups is 2. The molecule has 0 saturated heterocycles. The zero-order valence-corrected chi connectivity index (χ0v) is 14.4. The Balaban J connectivity index is 3.04. The molecule has 0 aliphatic carbocycles. The molecule has 1 rings (SSSR count). The molecule has 6 nitrogen and oxygen atoms in total. The molecule has 6 heteroatoms. The number of carboxylic acids is 1. The van der Waals surface area contributed by atoms with Gasteiger partial charge in [-0.05, 0) is 63.8 Å². The number of hydrogen-bond acceptors (Lipinski definition) is 4. The van der Waals surface area contributed by atoms with Crippen LogP contribution in [0, 0.1) is 20.8 Å². The summed E-state index contributed by atoms with van der Waals surface area (Å²) in [6.45, 7) is 10.6. The number of amides is 1. The summed E-state index contributed by atoms with van der Waals surface area (Å²) in [5.41, 5.74) is 2.46. The van der Waals surface area contributed by atoms with Crippen LogP contribution < -0.4 is 5.32 Å². The van der Waals surface area contributed by atoms with E-state index in [4.69, 9.17) is 4.74 Å². The topological polar surface area (TPSA) is 95.9 Å². The minimum Gasteiger partial charge on any atom is -0.480 e. The van der Waals surface area contributed by atoms with Gasteiger partial charge in [-0.3, -0.25) is 0 Å². The van der Waals surface area contributed by atoms with Gasteiger partial charge in [0.2, 0.25) is 0 Å². The van der Waals surface area contributed by atoms with Gasteiger partial charge >= 0.3 is 12.1 Å². The Kier molecular flexibility index (Phi) is 5.77. The molecule has 0 aliphatic heterocycles. The highest BCUT2D eigenvalue weighted by Crippen LogP contribution is 2.24. The standard InChI is InChI=1S/C17H25NO5/c1-9-7-11(3)12(8-10(9)2)14(19)13(15(20)21)18-16(22)23-17(4,5)6/h7-8,13-14,19H,1-6H3,(H,18,22)(H,20,21)/t13-,14-/m0/s1. The molecule has 2 atom stereocenters. The Morgan fingerprint density at radius 3 is 2.09 bits per heavy atom. The molecule has 0 aromatic heterocycles. The summed E-state index contributed by atoms with van der Waals surface area (Å²) in [6.07, 6.45) is -2.26. The smallest absolute Gasteiger partial charge is 0.408 e. The number of aryl methyl sites for hydroxylation is 3. The first-order chi connectivity index (χ1) is 10.4. The van der Waals surface area contributed by atoms with E-state index in [9.17, 15) is 19.8 Å². The summed E-state index contributed by atoms with van der Waals surface area (Å²) < 4.78 is 5.05. The number of aliphatic hydroxyl groups excluding tert-OH is 1. The third-order valence-corrected chi connectivity index (χ3v) is 3.46. The third kappa shape index (κ3) is 5.25. The fraction of sp³-hybridized carbons (Fsp3) is 0.529.